The number of rotatable bonds is 7. The molecule has 4 nitrogen and oxygen atoms in total. The van der Waals surface area contributed by atoms with Gasteiger partial charge in [0.05, 0.1) is 0 Å². The van der Waals surface area contributed by atoms with Crippen LogP contribution in [0.15, 0.2) is 97.1 Å². The fourth-order valence-electron chi connectivity index (χ4n) is 13.8. The number of nitrogen functional groups attached to an aromatic ring is 2. The normalized spacial score (nSPS) is 35.1. The number of nitrogens with two attached hydrogens (primary N) is 2. The first-order chi connectivity index (χ1) is 23.4. The molecule has 4 aromatic rings. The van der Waals surface area contributed by atoms with Crippen LogP contribution in [0.25, 0.3) is 0 Å². The zero-order chi connectivity index (χ0) is 32.1. The summed E-state index contributed by atoms with van der Waals surface area (Å²) in [7, 11) is 0. The molecule has 2 atom stereocenters. The van der Waals surface area contributed by atoms with Gasteiger partial charge in [0.1, 0.15) is 23.0 Å². The van der Waals surface area contributed by atoms with Gasteiger partial charge in [0, 0.05) is 27.9 Å². The highest BCUT2D eigenvalue weighted by molar-refractivity contribution is 5.59. The van der Waals surface area contributed by atoms with Crippen molar-refractivity contribution in [2.24, 2.45) is 46.3 Å². The molecular formula is C44H48N2O2. The average Bonchev–Trinajstić information content (AvgIpc) is 3.07. The molecule has 12 rings (SSSR count). The quantitative estimate of drug-likeness (QED) is 0.198. The van der Waals surface area contributed by atoms with Crippen molar-refractivity contribution in [1.82, 2.24) is 0 Å². The molecule has 0 heterocycles. The molecule has 0 aliphatic heterocycles. The van der Waals surface area contributed by atoms with Crippen molar-refractivity contribution < 1.29 is 9.47 Å². The molecule has 0 saturated heterocycles. The van der Waals surface area contributed by atoms with Crippen LogP contribution in [0.3, 0.4) is 0 Å². The first kappa shape index (κ1) is 29.0. The Labute approximate surface area is 285 Å². The molecular weight excluding hydrogens is 588 g/mol. The fraction of sp³-hybridized carbons (Fsp3) is 0.455. The van der Waals surface area contributed by atoms with Gasteiger partial charge in [-0.15, -0.1) is 0 Å². The molecule has 4 N–H and O–H groups in total. The molecule has 2 unspecified atom stereocenters. The Morgan fingerprint density at radius 2 is 0.854 bits per heavy atom. The minimum absolute atomic E-state index is 0.145. The number of hydrogen-bond acceptors (Lipinski definition) is 4. The number of anilines is 2. The Morgan fingerprint density at radius 1 is 0.458 bits per heavy atom. The minimum Gasteiger partial charge on any atom is -0.457 e. The van der Waals surface area contributed by atoms with E-state index in [2.05, 4.69) is 48.5 Å². The van der Waals surface area contributed by atoms with Crippen LogP contribution in [0, 0.1) is 46.3 Å². The largest absolute Gasteiger partial charge is 0.457 e. The Balaban J connectivity index is 1.24. The van der Waals surface area contributed by atoms with Crippen LogP contribution < -0.4 is 20.9 Å². The van der Waals surface area contributed by atoms with Gasteiger partial charge >= 0.3 is 0 Å². The predicted molar refractivity (Wildman–Crippen MR) is 192 cm³/mol. The van der Waals surface area contributed by atoms with Crippen LogP contribution in [-0.2, 0) is 5.41 Å². The zero-order valence-corrected chi connectivity index (χ0v) is 28.0. The third kappa shape index (κ3) is 4.13. The summed E-state index contributed by atoms with van der Waals surface area (Å²) < 4.78 is 14.0. The summed E-state index contributed by atoms with van der Waals surface area (Å²) in [5.41, 5.74) is 16.7. The van der Waals surface area contributed by atoms with Gasteiger partial charge < -0.3 is 20.9 Å². The van der Waals surface area contributed by atoms with E-state index in [-0.39, 0.29) is 10.8 Å². The van der Waals surface area contributed by atoms with Crippen LogP contribution in [0.5, 0.6) is 23.0 Å². The molecule has 0 amide bonds. The Hall–Kier alpha value is -3.92. The Bertz CT molecular complexity index is 1700. The molecule has 8 aliphatic rings. The predicted octanol–water partition coefficient (Wildman–Crippen LogP) is 10.8. The van der Waals surface area contributed by atoms with Gasteiger partial charge in [-0.2, -0.15) is 0 Å². The molecule has 0 spiro atoms. The highest BCUT2D eigenvalue weighted by Gasteiger charge is 2.75. The van der Waals surface area contributed by atoms with E-state index < -0.39 is 0 Å². The summed E-state index contributed by atoms with van der Waals surface area (Å²) in [6.07, 6.45) is 15.3. The third-order valence-electron chi connectivity index (χ3n) is 14.4. The van der Waals surface area contributed by atoms with Gasteiger partial charge in [-0.25, -0.2) is 0 Å². The first-order valence-electron chi connectivity index (χ1n) is 18.7. The maximum Gasteiger partial charge on any atom is 0.131 e. The monoisotopic (exact) mass is 636 g/mol. The van der Waals surface area contributed by atoms with Crippen LogP contribution in [-0.4, -0.2) is 0 Å². The van der Waals surface area contributed by atoms with E-state index in [0.29, 0.717) is 11.3 Å². The number of ether oxygens (including phenoxy) is 2. The summed E-state index contributed by atoms with van der Waals surface area (Å²) >= 11 is 0. The summed E-state index contributed by atoms with van der Waals surface area (Å²) in [5, 5.41) is 0. The lowest BCUT2D eigenvalue weighted by Gasteiger charge is -2.77. The van der Waals surface area contributed by atoms with Crippen LogP contribution in [0.2, 0.25) is 0 Å². The highest BCUT2D eigenvalue weighted by Crippen LogP contribution is 2.82. The lowest BCUT2D eigenvalue weighted by molar-refractivity contribution is -0.234. The van der Waals surface area contributed by atoms with Gasteiger partial charge in [0.2, 0.25) is 0 Å². The van der Waals surface area contributed by atoms with Gasteiger partial charge in [0.25, 0.3) is 0 Å². The second-order valence-corrected chi connectivity index (χ2v) is 17.0. The minimum atomic E-state index is -0.235. The van der Waals surface area contributed by atoms with E-state index in [1.807, 2.05) is 48.5 Å². The van der Waals surface area contributed by atoms with Crippen LogP contribution in [0.1, 0.15) is 81.8 Å². The smallest absolute Gasteiger partial charge is 0.131 e. The first-order valence-corrected chi connectivity index (χ1v) is 18.7. The maximum atomic E-state index is 6.99. The van der Waals surface area contributed by atoms with E-state index in [9.17, 15) is 0 Å². The standard InChI is InChI=1S/C44H48N2O2/c45-34-9-13-36(14-10-34)47-40-7-3-1-5-38(40)44(39-6-2-4-8-41(39)48-37-15-11-35(46)12-16-37)33-21-31-20-32(22-33)27-43(44,26-31)42-23-28-17-29(24-42)19-30(18-28)25-42/h1-16,28-33H,17-27,45-46H2. The van der Waals surface area contributed by atoms with Gasteiger partial charge in [-0.05, 0) is 178 Å². The molecule has 246 valence electrons. The molecule has 48 heavy (non-hydrogen) atoms. The molecule has 8 aliphatic carbocycles. The summed E-state index contributed by atoms with van der Waals surface area (Å²) in [5.74, 6) is 8.50. The van der Waals surface area contributed by atoms with Crippen molar-refractivity contribution in [2.45, 2.75) is 76.0 Å². The molecule has 4 aromatic carbocycles. The van der Waals surface area contributed by atoms with Crippen molar-refractivity contribution in [3.63, 3.8) is 0 Å². The second kappa shape index (κ2) is 10.5. The molecule has 8 bridgehead atoms. The third-order valence-corrected chi connectivity index (χ3v) is 14.4. The van der Waals surface area contributed by atoms with E-state index in [1.165, 1.54) is 81.8 Å². The van der Waals surface area contributed by atoms with Crippen molar-refractivity contribution in [2.75, 3.05) is 11.5 Å². The van der Waals surface area contributed by atoms with Crippen molar-refractivity contribution in [3.05, 3.63) is 108 Å². The number of benzene rings is 4. The number of para-hydroxylation sites is 2. The van der Waals surface area contributed by atoms with E-state index >= 15 is 0 Å². The van der Waals surface area contributed by atoms with Crippen molar-refractivity contribution >= 4 is 11.4 Å². The van der Waals surface area contributed by atoms with Crippen LogP contribution >= 0.6 is 0 Å². The molecule has 0 aromatic heterocycles. The topological polar surface area (TPSA) is 70.5 Å². The average molecular weight is 637 g/mol. The maximum absolute atomic E-state index is 6.99. The number of hydrogen-bond donors (Lipinski definition) is 2. The SMILES string of the molecule is Nc1ccc(Oc2ccccc2C2(c3ccccc3Oc3ccc(N)cc3)C3CC4CC(C3)CC2(C23CC5CC(CC(C5)C2)C3)C4)cc1. The highest BCUT2D eigenvalue weighted by atomic mass is 16.5. The molecule has 8 fully saturated rings. The molecule has 0 radical (unpaired) electrons. The lowest BCUT2D eigenvalue weighted by Crippen LogP contribution is -2.71. The summed E-state index contributed by atoms with van der Waals surface area (Å²) in [6, 6.07) is 34.1. The van der Waals surface area contributed by atoms with E-state index in [4.69, 9.17) is 20.9 Å². The fourth-order valence-corrected chi connectivity index (χ4v) is 13.8. The van der Waals surface area contributed by atoms with Gasteiger partial charge in [-0.1, -0.05) is 36.4 Å². The lowest BCUT2D eigenvalue weighted by atomic mass is 9.27. The second-order valence-electron chi connectivity index (χ2n) is 17.0. The van der Waals surface area contributed by atoms with Crippen molar-refractivity contribution in [1.29, 1.82) is 0 Å². The van der Waals surface area contributed by atoms with Crippen LogP contribution in [0.4, 0.5) is 11.4 Å². The summed E-state index contributed by atoms with van der Waals surface area (Å²) in [6.45, 7) is 0. The summed E-state index contributed by atoms with van der Waals surface area (Å²) in [4.78, 5) is 0. The Morgan fingerprint density at radius 3 is 1.29 bits per heavy atom. The van der Waals surface area contributed by atoms with Gasteiger partial charge in [-0.3, -0.25) is 0 Å². The van der Waals surface area contributed by atoms with Crippen molar-refractivity contribution in [3.8, 4) is 23.0 Å². The van der Waals surface area contributed by atoms with Gasteiger partial charge in [0.15, 0.2) is 0 Å². The molecule has 8 saturated carbocycles. The zero-order valence-electron chi connectivity index (χ0n) is 28.0. The van der Waals surface area contributed by atoms with E-state index in [1.54, 1.807) is 0 Å². The Kier molecular flexibility index (Phi) is 6.37. The van der Waals surface area contributed by atoms with E-state index in [0.717, 1.165) is 64.0 Å². The molecule has 4 heteroatoms.